The largest absolute Gasteiger partial charge is 0.371 e. The fourth-order valence-electron chi connectivity index (χ4n) is 3.43. The summed E-state index contributed by atoms with van der Waals surface area (Å²) in [5.74, 6) is 0. The Morgan fingerprint density at radius 3 is 2.65 bits per heavy atom. The van der Waals surface area contributed by atoms with Gasteiger partial charge in [-0.05, 0) is 30.5 Å². The van der Waals surface area contributed by atoms with Gasteiger partial charge in [-0.1, -0.05) is 25.0 Å². The second-order valence-electron chi connectivity index (χ2n) is 6.42. The highest BCUT2D eigenvalue weighted by Gasteiger charge is 2.40. The van der Waals surface area contributed by atoms with E-state index in [0.717, 1.165) is 23.3 Å². The van der Waals surface area contributed by atoms with Crippen LogP contribution in [-0.4, -0.2) is 46.7 Å². The Morgan fingerprint density at radius 1 is 1.30 bits per heavy atom. The summed E-state index contributed by atoms with van der Waals surface area (Å²) >= 11 is 0. The van der Waals surface area contributed by atoms with E-state index in [0.29, 0.717) is 26.2 Å². The number of morpholine rings is 1. The highest BCUT2D eigenvalue weighted by atomic mass is 32.2. The first-order valence-corrected chi connectivity index (χ1v) is 9.73. The highest BCUT2D eigenvalue weighted by Crippen LogP contribution is 2.35. The molecule has 126 valence electrons. The van der Waals surface area contributed by atoms with Crippen molar-refractivity contribution >= 4 is 16.8 Å². The molecule has 0 radical (unpaired) electrons. The zero-order valence-electron chi connectivity index (χ0n) is 13.5. The van der Waals surface area contributed by atoms with E-state index < -0.39 is 10.8 Å². The Kier molecular flexibility index (Phi) is 5.02. The molecule has 1 aromatic carbocycles. The van der Waals surface area contributed by atoms with Crippen LogP contribution in [-0.2, 0) is 22.1 Å². The molecule has 1 spiro atoms. The molecule has 1 unspecified atom stereocenters. The standard InChI is InChI=1S/C17H24N2O3S/c1-23(21)15-6-4-14(5-7-15)12-18-16(20)19-10-11-22-17(13-19)8-2-3-9-17/h4-7H,2-3,8-13H2,1H3,(H,18,20). The minimum absolute atomic E-state index is 0.0253. The molecule has 1 heterocycles. The van der Waals surface area contributed by atoms with Crippen molar-refractivity contribution in [3.05, 3.63) is 29.8 Å². The number of hydrogen-bond donors (Lipinski definition) is 1. The summed E-state index contributed by atoms with van der Waals surface area (Å²) in [6.45, 7) is 2.47. The molecule has 6 heteroatoms. The van der Waals surface area contributed by atoms with Gasteiger partial charge in [0.25, 0.3) is 0 Å². The van der Waals surface area contributed by atoms with Crippen LogP contribution in [0.25, 0.3) is 0 Å². The number of hydrogen-bond acceptors (Lipinski definition) is 3. The van der Waals surface area contributed by atoms with Gasteiger partial charge < -0.3 is 15.0 Å². The quantitative estimate of drug-likeness (QED) is 0.921. The smallest absolute Gasteiger partial charge is 0.317 e. The summed E-state index contributed by atoms with van der Waals surface area (Å²) in [5, 5.41) is 2.98. The van der Waals surface area contributed by atoms with Crippen molar-refractivity contribution in [3.63, 3.8) is 0 Å². The Hall–Kier alpha value is -1.40. The Balaban J connectivity index is 1.53. The molecule has 1 N–H and O–H groups in total. The number of ether oxygens (including phenoxy) is 1. The third-order valence-electron chi connectivity index (χ3n) is 4.75. The van der Waals surface area contributed by atoms with Gasteiger partial charge in [-0.3, -0.25) is 4.21 Å². The fraction of sp³-hybridized carbons (Fsp3) is 0.588. The second kappa shape index (κ2) is 7.01. The van der Waals surface area contributed by atoms with Crippen LogP contribution in [0.1, 0.15) is 31.2 Å². The van der Waals surface area contributed by atoms with Gasteiger partial charge in [0.2, 0.25) is 0 Å². The zero-order chi connectivity index (χ0) is 16.3. The molecular weight excluding hydrogens is 312 g/mol. The van der Waals surface area contributed by atoms with E-state index in [9.17, 15) is 9.00 Å². The van der Waals surface area contributed by atoms with Crippen LogP contribution in [0.4, 0.5) is 4.79 Å². The molecule has 23 heavy (non-hydrogen) atoms. The third kappa shape index (κ3) is 3.93. The second-order valence-corrected chi connectivity index (χ2v) is 7.80. The summed E-state index contributed by atoms with van der Waals surface area (Å²) < 4.78 is 17.3. The lowest BCUT2D eigenvalue weighted by Crippen LogP contribution is -2.54. The van der Waals surface area contributed by atoms with Crippen molar-refractivity contribution in [2.75, 3.05) is 26.0 Å². The number of nitrogens with zero attached hydrogens (tertiary/aromatic N) is 1. The number of benzene rings is 1. The summed E-state index contributed by atoms with van der Waals surface area (Å²) in [7, 11) is -0.968. The Labute approximate surface area is 139 Å². The lowest BCUT2D eigenvalue weighted by atomic mass is 10.00. The van der Waals surface area contributed by atoms with E-state index >= 15 is 0 Å². The fourth-order valence-corrected chi connectivity index (χ4v) is 3.95. The first-order valence-electron chi connectivity index (χ1n) is 8.17. The van der Waals surface area contributed by atoms with Gasteiger partial charge in [-0.25, -0.2) is 4.79 Å². The Bertz CT molecular complexity index is 582. The van der Waals surface area contributed by atoms with E-state index in [-0.39, 0.29) is 11.6 Å². The van der Waals surface area contributed by atoms with Crippen molar-refractivity contribution in [1.29, 1.82) is 0 Å². The molecule has 1 aromatic rings. The van der Waals surface area contributed by atoms with Gasteiger partial charge >= 0.3 is 6.03 Å². The van der Waals surface area contributed by atoms with E-state index in [1.165, 1.54) is 12.8 Å². The first-order chi connectivity index (χ1) is 11.1. The minimum atomic E-state index is -0.968. The molecule has 2 fully saturated rings. The highest BCUT2D eigenvalue weighted by molar-refractivity contribution is 7.84. The maximum Gasteiger partial charge on any atom is 0.317 e. The number of rotatable bonds is 3. The molecule has 1 saturated carbocycles. The van der Waals surface area contributed by atoms with E-state index in [1.54, 1.807) is 6.26 Å². The molecule has 2 aliphatic rings. The molecule has 3 rings (SSSR count). The molecule has 5 nitrogen and oxygen atoms in total. The van der Waals surface area contributed by atoms with Gasteiger partial charge in [0, 0.05) is 35.0 Å². The number of urea groups is 1. The summed E-state index contributed by atoms with van der Waals surface area (Å²) in [6.07, 6.45) is 6.17. The van der Waals surface area contributed by atoms with Crippen LogP contribution < -0.4 is 5.32 Å². The molecule has 0 bridgehead atoms. The average molecular weight is 336 g/mol. The van der Waals surface area contributed by atoms with Crippen LogP contribution in [0.3, 0.4) is 0 Å². The van der Waals surface area contributed by atoms with Crippen LogP contribution in [0, 0.1) is 0 Å². The number of carbonyl (C=O) groups excluding carboxylic acids is 1. The van der Waals surface area contributed by atoms with Crippen LogP contribution in [0.15, 0.2) is 29.2 Å². The van der Waals surface area contributed by atoms with Gasteiger partial charge in [0.05, 0.1) is 18.8 Å². The topological polar surface area (TPSA) is 58.6 Å². The summed E-state index contributed by atoms with van der Waals surface area (Å²) in [4.78, 5) is 15.1. The summed E-state index contributed by atoms with van der Waals surface area (Å²) in [5.41, 5.74) is 0.916. The van der Waals surface area contributed by atoms with Gasteiger partial charge in [-0.2, -0.15) is 0 Å². The summed E-state index contributed by atoms with van der Waals surface area (Å²) in [6, 6.07) is 7.49. The van der Waals surface area contributed by atoms with E-state index in [2.05, 4.69) is 5.32 Å². The number of carbonyl (C=O) groups is 1. The van der Waals surface area contributed by atoms with Gasteiger partial charge in [-0.15, -0.1) is 0 Å². The first kappa shape index (κ1) is 16.5. The molecule has 1 aliphatic carbocycles. The van der Waals surface area contributed by atoms with Crippen LogP contribution in [0.5, 0.6) is 0 Å². The lowest BCUT2D eigenvalue weighted by Gasteiger charge is -2.40. The minimum Gasteiger partial charge on any atom is -0.371 e. The molecular formula is C17H24N2O3S. The molecule has 0 aromatic heterocycles. The molecule has 1 aliphatic heterocycles. The van der Waals surface area contributed by atoms with Crippen LogP contribution in [0.2, 0.25) is 0 Å². The van der Waals surface area contributed by atoms with E-state index in [4.69, 9.17) is 4.74 Å². The van der Waals surface area contributed by atoms with Crippen molar-refractivity contribution in [1.82, 2.24) is 10.2 Å². The Morgan fingerprint density at radius 2 is 2.00 bits per heavy atom. The van der Waals surface area contributed by atoms with Crippen molar-refractivity contribution in [3.8, 4) is 0 Å². The molecule has 2 amide bonds. The molecule has 1 atom stereocenters. The van der Waals surface area contributed by atoms with E-state index in [1.807, 2.05) is 29.2 Å². The molecule has 1 saturated heterocycles. The van der Waals surface area contributed by atoms with Crippen molar-refractivity contribution < 1.29 is 13.7 Å². The maximum absolute atomic E-state index is 12.4. The zero-order valence-corrected chi connectivity index (χ0v) is 14.4. The predicted octanol–water partition coefficient (Wildman–Crippen LogP) is 2.28. The maximum atomic E-state index is 12.4. The lowest BCUT2D eigenvalue weighted by molar-refractivity contribution is -0.0925. The monoisotopic (exact) mass is 336 g/mol. The van der Waals surface area contributed by atoms with Gasteiger partial charge in [0.15, 0.2) is 0 Å². The van der Waals surface area contributed by atoms with Crippen molar-refractivity contribution in [2.24, 2.45) is 0 Å². The number of nitrogens with one attached hydrogen (secondary N) is 1. The third-order valence-corrected chi connectivity index (χ3v) is 5.69. The van der Waals surface area contributed by atoms with Crippen LogP contribution >= 0.6 is 0 Å². The average Bonchev–Trinajstić information content (AvgIpc) is 3.00. The predicted molar refractivity (Wildman–Crippen MR) is 89.7 cm³/mol. The number of amides is 2. The van der Waals surface area contributed by atoms with Gasteiger partial charge in [0.1, 0.15) is 0 Å². The SMILES string of the molecule is CS(=O)c1ccc(CNC(=O)N2CCOC3(CCCC3)C2)cc1. The normalized spacial score (nSPS) is 21.3. The van der Waals surface area contributed by atoms with Crippen molar-refractivity contribution in [2.45, 2.75) is 42.7 Å².